The first-order valence-electron chi connectivity index (χ1n) is 9.53. The molecule has 6 nitrogen and oxygen atoms in total. The van der Waals surface area contributed by atoms with Gasteiger partial charge in [0.05, 0.1) is 33.7 Å². The Labute approximate surface area is 152 Å². The van der Waals surface area contributed by atoms with Gasteiger partial charge in [-0.2, -0.15) is 0 Å². The zero-order valence-electron chi connectivity index (χ0n) is 16.5. The summed E-state index contributed by atoms with van der Waals surface area (Å²) in [5.74, 6) is -1.26. The lowest BCUT2D eigenvalue weighted by atomic mass is 10.0. The van der Waals surface area contributed by atoms with Crippen LogP contribution >= 0.6 is 0 Å². The highest BCUT2D eigenvalue weighted by Crippen LogP contribution is 2.12. The Morgan fingerprint density at radius 3 is 2.16 bits per heavy atom. The van der Waals surface area contributed by atoms with Gasteiger partial charge in [-0.25, -0.2) is 0 Å². The summed E-state index contributed by atoms with van der Waals surface area (Å²) in [6.45, 7) is 2.56. The molecule has 0 aromatic carbocycles. The highest BCUT2D eigenvalue weighted by atomic mass is 16.5. The Balaban J connectivity index is 3.87. The summed E-state index contributed by atoms with van der Waals surface area (Å²) in [6.07, 6.45) is 7.04. The van der Waals surface area contributed by atoms with Crippen LogP contribution in [0.3, 0.4) is 0 Å². The van der Waals surface area contributed by atoms with Crippen molar-refractivity contribution in [2.24, 2.45) is 0 Å². The lowest BCUT2D eigenvalue weighted by Gasteiger charge is -2.28. The molecule has 0 radical (unpaired) electrons. The van der Waals surface area contributed by atoms with E-state index < -0.39 is 12.1 Å². The Morgan fingerprint density at radius 2 is 1.60 bits per heavy atom. The number of carbonyl (C=O) groups excluding carboxylic acids is 1. The molecule has 0 aliphatic carbocycles. The zero-order valence-corrected chi connectivity index (χ0v) is 16.5. The fourth-order valence-corrected chi connectivity index (χ4v) is 2.85. The van der Waals surface area contributed by atoms with Crippen LogP contribution in [0.4, 0.5) is 0 Å². The molecule has 0 aliphatic heterocycles. The van der Waals surface area contributed by atoms with Crippen LogP contribution in [0.25, 0.3) is 0 Å². The van der Waals surface area contributed by atoms with Crippen LogP contribution < -0.4 is 0 Å². The van der Waals surface area contributed by atoms with Gasteiger partial charge in [0.25, 0.3) is 0 Å². The Morgan fingerprint density at radius 1 is 1.00 bits per heavy atom. The van der Waals surface area contributed by atoms with Crippen LogP contribution in [0.1, 0.15) is 71.1 Å². The van der Waals surface area contributed by atoms with E-state index in [9.17, 15) is 14.7 Å². The largest absolute Gasteiger partial charge is 0.481 e. The number of esters is 1. The molecule has 25 heavy (non-hydrogen) atoms. The van der Waals surface area contributed by atoms with E-state index in [1.807, 2.05) is 21.1 Å². The number of ether oxygens (including phenoxy) is 1. The van der Waals surface area contributed by atoms with Gasteiger partial charge in [0.1, 0.15) is 6.54 Å². The molecule has 0 fully saturated rings. The third-order valence-electron chi connectivity index (χ3n) is 3.99. The number of aliphatic hydroxyl groups is 1. The molecule has 0 spiro atoms. The van der Waals surface area contributed by atoms with Gasteiger partial charge in [-0.05, 0) is 19.3 Å². The molecule has 148 valence electrons. The predicted molar refractivity (Wildman–Crippen MR) is 98.3 cm³/mol. The number of aliphatic hydroxyl groups excluding tert-OH is 1. The fourth-order valence-electron chi connectivity index (χ4n) is 2.85. The average Bonchev–Trinajstić information content (AvgIpc) is 2.43. The normalized spacial score (nSPS) is 14.1. The third kappa shape index (κ3) is 16.1. The number of unbranched alkanes of at least 4 members (excludes halogenated alkanes) is 4. The van der Waals surface area contributed by atoms with Crippen LogP contribution in [0.2, 0.25) is 0 Å². The summed E-state index contributed by atoms with van der Waals surface area (Å²) in [7, 11) is 5.83. The van der Waals surface area contributed by atoms with Crippen molar-refractivity contribution in [1.29, 1.82) is 0 Å². The average molecular weight is 361 g/mol. The van der Waals surface area contributed by atoms with Gasteiger partial charge in [-0.1, -0.05) is 39.0 Å². The number of aliphatic carboxylic acids is 1. The quantitative estimate of drug-likeness (QED) is 0.266. The SMILES string of the molecule is CCCC(O)CCCCCCCC(=O)OC(CC(=O)O)C[N+](C)(C)C. The summed E-state index contributed by atoms with van der Waals surface area (Å²) in [6, 6.07) is 0. The van der Waals surface area contributed by atoms with Crippen LogP contribution in [-0.4, -0.2) is 66.5 Å². The fraction of sp³-hybridized carbons (Fsp3) is 0.895. The topological polar surface area (TPSA) is 83.8 Å². The number of carboxylic acids is 1. The molecule has 0 aromatic rings. The van der Waals surface area contributed by atoms with E-state index >= 15 is 0 Å². The summed E-state index contributed by atoms with van der Waals surface area (Å²) in [4.78, 5) is 22.8. The summed E-state index contributed by atoms with van der Waals surface area (Å²) in [5.41, 5.74) is 0. The first kappa shape index (κ1) is 23.9. The van der Waals surface area contributed by atoms with Crippen molar-refractivity contribution in [3.8, 4) is 0 Å². The van der Waals surface area contributed by atoms with Crippen LogP contribution in [0, 0.1) is 0 Å². The monoisotopic (exact) mass is 360 g/mol. The van der Waals surface area contributed by atoms with Crippen molar-refractivity contribution in [2.75, 3.05) is 27.7 Å². The minimum Gasteiger partial charge on any atom is -0.481 e. The molecule has 0 heterocycles. The molecule has 0 saturated heterocycles. The molecule has 0 aliphatic rings. The maximum absolute atomic E-state index is 11.9. The van der Waals surface area contributed by atoms with Crippen molar-refractivity contribution in [1.82, 2.24) is 0 Å². The second kappa shape index (κ2) is 13.1. The molecule has 0 bridgehead atoms. The first-order valence-corrected chi connectivity index (χ1v) is 9.53. The molecular formula is C19H38NO5+. The maximum Gasteiger partial charge on any atom is 0.307 e. The van der Waals surface area contributed by atoms with Gasteiger partial charge in [-0.3, -0.25) is 9.59 Å². The predicted octanol–water partition coefficient (Wildman–Crippen LogP) is 2.97. The third-order valence-corrected chi connectivity index (χ3v) is 3.99. The zero-order chi connectivity index (χ0) is 19.3. The number of carbonyl (C=O) groups is 2. The second-order valence-electron chi connectivity index (χ2n) is 7.93. The van der Waals surface area contributed by atoms with Crippen molar-refractivity contribution in [3.05, 3.63) is 0 Å². The molecule has 0 saturated carbocycles. The van der Waals surface area contributed by atoms with Gasteiger partial charge >= 0.3 is 11.9 Å². The molecule has 2 unspecified atom stereocenters. The molecule has 0 rings (SSSR count). The lowest BCUT2D eigenvalue weighted by molar-refractivity contribution is -0.873. The molecule has 6 heteroatoms. The van der Waals surface area contributed by atoms with Gasteiger partial charge < -0.3 is 19.4 Å². The van der Waals surface area contributed by atoms with Crippen molar-refractivity contribution >= 4 is 11.9 Å². The number of nitrogens with zero attached hydrogens (tertiary/aromatic N) is 1. The first-order chi connectivity index (χ1) is 11.6. The summed E-state index contributed by atoms with van der Waals surface area (Å²) in [5, 5.41) is 18.6. The van der Waals surface area contributed by atoms with E-state index in [1.54, 1.807) is 0 Å². The Kier molecular flexibility index (Phi) is 12.5. The molecular weight excluding hydrogens is 322 g/mol. The molecule has 2 atom stereocenters. The number of likely N-dealkylation sites (N-methyl/N-ethyl adjacent to an activating group) is 1. The van der Waals surface area contributed by atoms with Crippen molar-refractivity contribution < 1.29 is 29.0 Å². The van der Waals surface area contributed by atoms with Gasteiger partial charge in [0.15, 0.2) is 6.10 Å². The number of quaternary nitrogens is 1. The number of hydrogen-bond donors (Lipinski definition) is 2. The van der Waals surface area contributed by atoms with Crippen LogP contribution in [0.5, 0.6) is 0 Å². The molecule has 0 aromatic heterocycles. The summed E-state index contributed by atoms with van der Waals surface area (Å²) < 4.78 is 5.91. The van der Waals surface area contributed by atoms with Crippen LogP contribution in [-0.2, 0) is 14.3 Å². The van der Waals surface area contributed by atoms with E-state index in [4.69, 9.17) is 9.84 Å². The highest BCUT2D eigenvalue weighted by Gasteiger charge is 2.24. The van der Waals surface area contributed by atoms with Crippen molar-refractivity contribution in [3.63, 3.8) is 0 Å². The van der Waals surface area contributed by atoms with E-state index in [2.05, 4.69) is 6.92 Å². The highest BCUT2D eigenvalue weighted by molar-refractivity contribution is 5.71. The van der Waals surface area contributed by atoms with E-state index in [-0.39, 0.29) is 18.5 Å². The standard InChI is InChI=1S/C19H37NO5/c1-5-11-16(21)12-9-7-6-8-10-13-19(24)25-17(14-18(22)23)15-20(2,3)4/h16-17,21H,5-15H2,1-4H3/p+1. The molecule has 0 amide bonds. The number of carboxylic acid groups (broad SMARTS) is 1. The van der Waals surface area contributed by atoms with E-state index in [1.165, 1.54) is 0 Å². The van der Waals surface area contributed by atoms with E-state index in [0.29, 0.717) is 17.4 Å². The van der Waals surface area contributed by atoms with Crippen molar-refractivity contribution in [2.45, 2.75) is 83.3 Å². The molecule has 2 N–H and O–H groups in total. The second-order valence-corrected chi connectivity index (χ2v) is 7.93. The maximum atomic E-state index is 11.9. The summed E-state index contributed by atoms with van der Waals surface area (Å²) >= 11 is 0. The van der Waals surface area contributed by atoms with Gasteiger partial charge in [0, 0.05) is 6.42 Å². The van der Waals surface area contributed by atoms with Gasteiger partial charge in [0.2, 0.25) is 0 Å². The number of rotatable bonds is 15. The lowest BCUT2D eigenvalue weighted by Crippen LogP contribution is -2.43. The van der Waals surface area contributed by atoms with Gasteiger partial charge in [-0.15, -0.1) is 0 Å². The van der Waals surface area contributed by atoms with E-state index in [0.717, 1.165) is 51.4 Å². The Bertz CT molecular complexity index is 379. The van der Waals surface area contributed by atoms with Crippen LogP contribution in [0.15, 0.2) is 0 Å². The minimum atomic E-state index is -0.948. The smallest absolute Gasteiger partial charge is 0.307 e. The Hall–Kier alpha value is -1.14. The number of hydrogen-bond acceptors (Lipinski definition) is 4. The minimum absolute atomic E-state index is 0.151.